The molecule has 0 bridgehead atoms. The Morgan fingerprint density at radius 1 is 1.05 bits per heavy atom. The van der Waals surface area contributed by atoms with Crippen LogP contribution in [0.1, 0.15) is 6.92 Å². The molecule has 0 radical (unpaired) electrons. The molecular formula is C17H15NO2S2. The van der Waals surface area contributed by atoms with Crippen LogP contribution in [-0.4, -0.2) is 16.7 Å². The lowest BCUT2D eigenvalue weighted by molar-refractivity contribution is -0.142. The Morgan fingerprint density at radius 2 is 1.50 bits per heavy atom. The highest BCUT2D eigenvalue weighted by atomic mass is 32.2. The van der Waals surface area contributed by atoms with E-state index in [9.17, 15) is 10.1 Å². The van der Waals surface area contributed by atoms with Gasteiger partial charge in [-0.15, -0.1) is 0 Å². The second kappa shape index (κ2) is 7.92. The third-order valence-electron chi connectivity index (χ3n) is 2.70. The number of carbonyl (C=O) groups excluding carboxylic acids is 1. The first-order valence-electron chi connectivity index (χ1n) is 6.77. The highest BCUT2D eigenvalue weighted by Gasteiger charge is 2.43. The molecule has 22 heavy (non-hydrogen) atoms. The molecule has 112 valence electrons. The van der Waals surface area contributed by atoms with Crippen molar-refractivity contribution in [1.82, 2.24) is 0 Å². The van der Waals surface area contributed by atoms with Crippen LogP contribution < -0.4 is 0 Å². The minimum absolute atomic E-state index is 0.243. The molecule has 0 aliphatic heterocycles. The third-order valence-corrected chi connectivity index (χ3v) is 5.31. The normalized spacial score (nSPS) is 10.7. The van der Waals surface area contributed by atoms with E-state index in [1.54, 1.807) is 6.92 Å². The summed E-state index contributed by atoms with van der Waals surface area (Å²) < 4.78 is 3.78. The van der Waals surface area contributed by atoms with Crippen molar-refractivity contribution in [3.05, 3.63) is 60.7 Å². The van der Waals surface area contributed by atoms with Gasteiger partial charge >= 0.3 is 5.97 Å². The van der Waals surface area contributed by atoms with E-state index < -0.39 is 10.0 Å². The summed E-state index contributed by atoms with van der Waals surface area (Å²) in [6.07, 6.45) is 0. The second-order valence-corrected chi connectivity index (χ2v) is 7.11. The topological polar surface area (TPSA) is 50.1 Å². The third kappa shape index (κ3) is 4.06. The number of ether oxygens (including phenoxy) is 1. The Morgan fingerprint density at radius 3 is 1.86 bits per heavy atom. The molecule has 0 amide bonds. The molecule has 0 aromatic heterocycles. The molecular weight excluding hydrogens is 314 g/mol. The molecule has 3 nitrogen and oxygen atoms in total. The zero-order chi connectivity index (χ0) is 15.8. The maximum Gasteiger partial charge on any atom is 0.348 e. The molecule has 5 heteroatoms. The van der Waals surface area contributed by atoms with Crippen LogP contribution in [-0.2, 0) is 9.53 Å². The second-order valence-electron chi connectivity index (χ2n) is 4.28. The van der Waals surface area contributed by atoms with Crippen molar-refractivity contribution < 1.29 is 9.53 Å². The number of carbonyl (C=O) groups is 1. The van der Waals surface area contributed by atoms with Crippen molar-refractivity contribution in [2.24, 2.45) is 0 Å². The maximum absolute atomic E-state index is 12.4. The number of thioether (sulfide) groups is 2. The summed E-state index contributed by atoms with van der Waals surface area (Å²) in [4.78, 5) is 14.1. The highest BCUT2D eigenvalue weighted by molar-refractivity contribution is 8.19. The molecule has 0 saturated heterocycles. The van der Waals surface area contributed by atoms with E-state index in [4.69, 9.17) is 4.74 Å². The first-order chi connectivity index (χ1) is 10.7. The van der Waals surface area contributed by atoms with Gasteiger partial charge in [-0.25, -0.2) is 4.79 Å². The Labute approximate surface area is 138 Å². The van der Waals surface area contributed by atoms with Gasteiger partial charge < -0.3 is 4.74 Å². The fraction of sp³-hybridized carbons (Fsp3) is 0.176. The van der Waals surface area contributed by atoms with Crippen molar-refractivity contribution in [2.75, 3.05) is 6.61 Å². The van der Waals surface area contributed by atoms with Crippen LogP contribution in [0.25, 0.3) is 0 Å². The van der Waals surface area contributed by atoms with Gasteiger partial charge in [0.15, 0.2) is 0 Å². The zero-order valence-electron chi connectivity index (χ0n) is 12.1. The average molecular weight is 329 g/mol. The summed E-state index contributed by atoms with van der Waals surface area (Å²) in [6.45, 7) is 1.98. The highest BCUT2D eigenvalue weighted by Crippen LogP contribution is 2.46. The van der Waals surface area contributed by atoms with E-state index in [-0.39, 0.29) is 6.61 Å². The molecule has 0 spiro atoms. The Hall–Kier alpha value is -1.90. The Balaban J connectivity index is 2.34. The summed E-state index contributed by atoms with van der Waals surface area (Å²) in [5.74, 6) is -0.528. The van der Waals surface area contributed by atoms with Gasteiger partial charge in [0.1, 0.15) is 6.07 Å². The summed E-state index contributed by atoms with van der Waals surface area (Å²) in [5.41, 5.74) is 0. The molecule has 2 aromatic rings. The quantitative estimate of drug-likeness (QED) is 0.448. The van der Waals surface area contributed by atoms with Crippen molar-refractivity contribution in [3.63, 3.8) is 0 Å². The van der Waals surface area contributed by atoms with Gasteiger partial charge in [-0.05, 0) is 31.2 Å². The van der Waals surface area contributed by atoms with E-state index in [1.165, 1.54) is 23.5 Å². The van der Waals surface area contributed by atoms with Crippen LogP contribution in [0, 0.1) is 11.3 Å². The molecule has 0 saturated carbocycles. The lowest BCUT2D eigenvalue weighted by Crippen LogP contribution is -2.32. The molecule has 0 heterocycles. The van der Waals surface area contributed by atoms with E-state index in [1.807, 2.05) is 60.7 Å². The minimum Gasteiger partial charge on any atom is -0.464 e. The van der Waals surface area contributed by atoms with Gasteiger partial charge in [0.2, 0.25) is 0 Å². The molecule has 0 atom stereocenters. The van der Waals surface area contributed by atoms with E-state index in [0.29, 0.717) is 0 Å². The van der Waals surface area contributed by atoms with Gasteiger partial charge in [0.05, 0.1) is 6.61 Å². The van der Waals surface area contributed by atoms with Crippen LogP contribution in [0.4, 0.5) is 0 Å². The van der Waals surface area contributed by atoms with Gasteiger partial charge in [0.25, 0.3) is 4.08 Å². The smallest absolute Gasteiger partial charge is 0.348 e. The molecule has 0 aliphatic carbocycles. The number of benzene rings is 2. The molecule has 0 fully saturated rings. The van der Waals surface area contributed by atoms with E-state index >= 15 is 0 Å². The van der Waals surface area contributed by atoms with Crippen LogP contribution in [0.5, 0.6) is 0 Å². The van der Waals surface area contributed by atoms with E-state index in [2.05, 4.69) is 6.07 Å². The largest absolute Gasteiger partial charge is 0.464 e. The molecule has 2 aromatic carbocycles. The fourth-order valence-corrected chi connectivity index (χ4v) is 4.10. The van der Waals surface area contributed by atoms with Crippen molar-refractivity contribution in [1.29, 1.82) is 5.26 Å². The first-order valence-corrected chi connectivity index (χ1v) is 8.40. The SMILES string of the molecule is CCOC(=O)C(C#N)(Sc1ccccc1)Sc1ccccc1. The standard InChI is InChI=1S/C17H15NO2S2/c1-2-20-16(19)17(13-18,21-14-9-5-3-6-10-14)22-15-11-7-4-8-12-15/h3-12H,2H2,1H3. The minimum atomic E-state index is -1.36. The number of esters is 1. The number of rotatable bonds is 6. The summed E-state index contributed by atoms with van der Waals surface area (Å²) in [7, 11) is 0. The Bertz CT molecular complexity index is 612. The van der Waals surface area contributed by atoms with Gasteiger partial charge in [-0.1, -0.05) is 59.9 Å². The number of nitriles is 1. The lowest BCUT2D eigenvalue weighted by Gasteiger charge is -2.23. The fourth-order valence-electron chi connectivity index (χ4n) is 1.73. The molecule has 0 aliphatic rings. The number of hydrogen-bond acceptors (Lipinski definition) is 5. The monoisotopic (exact) mass is 329 g/mol. The zero-order valence-corrected chi connectivity index (χ0v) is 13.7. The van der Waals surface area contributed by atoms with E-state index in [0.717, 1.165) is 9.79 Å². The molecule has 2 rings (SSSR count). The maximum atomic E-state index is 12.4. The summed E-state index contributed by atoms with van der Waals surface area (Å²) in [5, 5.41) is 9.70. The van der Waals surface area contributed by atoms with Crippen LogP contribution in [0.15, 0.2) is 70.5 Å². The van der Waals surface area contributed by atoms with Crippen LogP contribution >= 0.6 is 23.5 Å². The average Bonchev–Trinajstić information content (AvgIpc) is 2.56. The number of hydrogen-bond donors (Lipinski definition) is 0. The number of nitrogens with zero attached hydrogens (tertiary/aromatic N) is 1. The van der Waals surface area contributed by atoms with Gasteiger partial charge in [-0.2, -0.15) is 5.26 Å². The van der Waals surface area contributed by atoms with Crippen LogP contribution in [0.3, 0.4) is 0 Å². The van der Waals surface area contributed by atoms with Crippen LogP contribution in [0.2, 0.25) is 0 Å². The van der Waals surface area contributed by atoms with Gasteiger partial charge in [0, 0.05) is 9.79 Å². The lowest BCUT2D eigenvalue weighted by atomic mass is 10.4. The van der Waals surface area contributed by atoms with Crippen molar-refractivity contribution in [2.45, 2.75) is 20.8 Å². The molecule has 0 unspecified atom stereocenters. The van der Waals surface area contributed by atoms with Gasteiger partial charge in [-0.3, -0.25) is 0 Å². The summed E-state index contributed by atoms with van der Waals surface area (Å²) >= 11 is 2.41. The van der Waals surface area contributed by atoms with Crippen molar-refractivity contribution >= 4 is 29.5 Å². The predicted molar refractivity (Wildman–Crippen MR) is 89.6 cm³/mol. The first kappa shape index (κ1) is 16.5. The summed E-state index contributed by atoms with van der Waals surface area (Å²) in [6, 6.07) is 21.0. The Kier molecular flexibility index (Phi) is 5.93. The molecule has 0 N–H and O–H groups in total. The predicted octanol–water partition coefficient (Wildman–Crippen LogP) is 4.35. The van der Waals surface area contributed by atoms with Crippen molar-refractivity contribution in [3.8, 4) is 6.07 Å².